The topological polar surface area (TPSA) is 71.2 Å². The van der Waals surface area contributed by atoms with Crippen LogP contribution in [0.15, 0.2) is 12.1 Å². The lowest BCUT2D eigenvalue weighted by atomic mass is 10.4. The van der Waals surface area contributed by atoms with E-state index < -0.39 is 0 Å². The first kappa shape index (κ1) is 16.1. The van der Waals surface area contributed by atoms with Crippen molar-refractivity contribution in [1.29, 1.82) is 0 Å². The number of amides is 1. The Morgan fingerprint density at radius 1 is 1.48 bits per heavy atom. The fraction of sp³-hybridized carbons (Fsp3) is 0.385. The number of carbonyl (C=O) groups is 1. The number of anilines is 2. The molecule has 0 saturated heterocycles. The van der Waals surface area contributed by atoms with Gasteiger partial charge in [0, 0.05) is 18.5 Å². The molecule has 0 saturated carbocycles. The summed E-state index contributed by atoms with van der Waals surface area (Å²) in [6.07, 6.45) is 0.988. The molecule has 2 aromatic rings. The van der Waals surface area contributed by atoms with Crippen molar-refractivity contribution in [3.8, 4) is 0 Å². The third-order valence-electron chi connectivity index (χ3n) is 2.74. The number of hydrogen-bond acceptors (Lipinski definition) is 6. The van der Waals surface area contributed by atoms with Gasteiger partial charge in [0.05, 0.1) is 10.9 Å². The predicted molar refractivity (Wildman–Crippen MR) is 90.4 cm³/mol. The molecular formula is C13H17ClN4OS2. The zero-order valence-electron chi connectivity index (χ0n) is 11.9. The summed E-state index contributed by atoms with van der Waals surface area (Å²) in [4.78, 5) is 19.7. The molecule has 0 spiro atoms. The minimum Gasteiger partial charge on any atom is -0.382 e. The van der Waals surface area contributed by atoms with Crippen molar-refractivity contribution < 1.29 is 4.79 Å². The third-order valence-corrected chi connectivity index (χ3v) is 4.98. The first-order valence-electron chi connectivity index (χ1n) is 6.51. The van der Waals surface area contributed by atoms with Crippen LogP contribution in [0.1, 0.15) is 27.9 Å². The maximum atomic E-state index is 12.4. The van der Waals surface area contributed by atoms with E-state index in [1.54, 1.807) is 11.9 Å². The van der Waals surface area contributed by atoms with Crippen LogP contribution >= 0.6 is 34.3 Å². The monoisotopic (exact) mass is 344 g/mol. The lowest BCUT2D eigenvalue weighted by molar-refractivity contribution is 0.0792. The maximum Gasteiger partial charge on any atom is 0.267 e. The molecule has 0 atom stereocenters. The first-order chi connectivity index (χ1) is 10.0. The highest BCUT2D eigenvalue weighted by atomic mass is 35.5. The van der Waals surface area contributed by atoms with Gasteiger partial charge >= 0.3 is 0 Å². The van der Waals surface area contributed by atoms with Gasteiger partial charge in [-0.3, -0.25) is 4.79 Å². The smallest absolute Gasteiger partial charge is 0.267 e. The Morgan fingerprint density at radius 2 is 2.24 bits per heavy atom. The van der Waals surface area contributed by atoms with E-state index in [0.29, 0.717) is 20.9 Å². The SMILES string of the molecule is CCCNc1nc(N)c(C(=O)N(C)Cc2ccc(Cl)s2)s1. The molecule has 0 radical (unpaired) electrons. The van der Waals surface area contributed by atoms with E-state index in [-0.39, 0.29) is 11.7 Å². The Labute approximate surface area is 136 Å². The summed E-state index contributed by atoms with van der Waals surface area (Å²) in [5.41, 5.74) is 5.84. The molecule has 21 heavy (non-hydrogen) atoms. The van der Waals surface area contributed by atoms with Crippen molar-refractivity contribution in [2.45, 2.75) is 19.9 Å². The number of thiophene rings is 1. The van der Waals surface area contributed by atoms with E-state index in [1.807, 2.05) is 12.1 Å². The van der Waals surface area contributed by atoms with Crippen LogP contribution in [0.2, 0.25) is 4.34 Å². The van der Waals surface area contributed by atoms with Gasteiger partial charge in [0.2, 0.25) is 0 Å². The maximum absolute atomic E-state index is 12.4. The van der Waals surface area contributed by atoms with Gasteiger partial charge in [-0.15, -0.1) is 11.3 Å². The van der Waals surface area contributed by atoms with Crippen LogP contribution in [0.4, 0.5) is 10.9 Å². The second kappa shape index (κ2) is 7.11. The number of rotatable bonds is 6. The highest BCUT2D eigenvalue weighted by molar-refractivity contribution is 7.18. The number of halogens is 1. The highest BCUT2D eigenvalue weighted by Gasteiger charge is 2.20. The van der Waals surface area contributed by atoms with Crippen LogP contribution in [0.5, 0.6) is 0 Å². The van der Waals surface area contributed by atoms with Gasteiger partial charge in [-0.05, 0) is 18.6 Å². The molecule has 0 unspecified atom stereocenters. The van der Waals surface area contributed by atoms with Crippen molar-refractivity contribution in [2.75, 3.05) is 24.6 Å². The van der Waals surface area contributed by atoms with Crippen molar-refractivity contribution in [1.82, 2.24) is 9.88 Å². The largest absolute Gasteiger partial charge is 0.382 e. The van der Waals surface area contributed by atoms with Crippen LogP contribution < -0.4 is 11.1 Å². The van der Waals surface area contributed by atoms with E-state index in [2.05, 4.69) is 17.2 Å². The summed E-state index contributed by atoms with van der Waals surface area (Å²) in [5, 5.41) is 3.83. The molecule has 8 heteroatoms. The average molecular weight is 345 g/mol. The molecular weight excluding hydrogens is 328 g/mol. The van der Waals surface area contributed by atoms with Gasteiger partial charge in [-0.25, -0.2) is 4.98 Å². The van der Waals surface area contributed by atoms with Crippen LogP contribution in [0.25, 0.3) is 0 Å². The Hall–Kier alpha value is -1.31. The lowest BCUT2D eigenvalue weighted by Gasteiger charge is -2.15. The molecule has 2 heterocycles. The van der Waals surface area contributed by atoms with Gasteiger partial charge in [0.25, 0.3) is 5.91 Å². The molecule has 0 aliphatic rings. The summed E-state index contributed by atoms with van der Waals surface area (Å²) in [6, 6.07) is 3.74. The number of nitrogens with zero attached hydrogens (tertiary/aromatic N) is 2. The zero-order valence-corrected chi connectivity index (χ0v) is 14.2. The summed E-state index contributed by atoms with van der Waals surface area (Å²) in [7, 11) is 1.74. The second-order valence-corrected chi connectivity index (χ2v) is 7.33. The molecule has 0 aromatic carbocycles. The van der Waals surface area contributed by atoms with Crippen LogP contribution in [-0.4, -0.2) is 29.4 Å². The van der Waals surface area contributed by atoms with Gasteiger partial charge in [0.15, 0.2) is 5.13 Å². The summed E-state index contributed by atoms with van der Waals surface area (Å²) in [5.74, 6) is 0.152. The van der Waals surface area contributed by atoms with E-state index in [9.17, 15) is 4.79 Å². The van der Waals surface area contributed by atoms with Gasteiger partial charge < -0.3 is 16.0 Å². The normalized spacial score (nSPS) is 10.6. The van der Waals surface area contributed by atoms with E-state index in [4.69, 9.17) is 17.3 Å². The first-order valence-corrected chi connectivity index (χ1v) is 8.52. The van der Waals surface area contributed by atoms with Crippen molar-refractivity contribution in [2.24, 2.45) is 0 Å². The number of nitrogen functional groups attached to an aromatic ring is 1. The molecule has 0 aliphatic heterocycles. The Morgan fingerprint density at radius 3 is 2.86 bits per heavy atom. The van der Waals surface area contributed by atoms with Crippen molar-refractivity contribution >= 4 is 51.1 Å². The number of hydrogen-bond donors (Lipinski definition) is 2. The zero-order chi connectivity index (χ0) is 15.4. The summed E-state index contributed by atoms with van der Waals surface area (Å²) in [6.45, 7) is 3.38. The minimum atomic E-state index is -0.126. The predicted octanol–water partition coefficient (Wildman–Crippen LogP) is 3.53. The second-order valence-electron chi connectivity index (χ2n) is 4.53. The van der Waals surface area contributed by atoms with Crippen LogP contribution in [-0.2, 0) is 6.54 Å². The Bertz CT molecular complexity index is 625. The quantitative estimate of drug-likeness (QED) is 0.840. The number of aromatic nitrogens is 1. The van der Waals surface area contributed by atoms with Gasteiger partial charge in [-0.2, -0.15) is 0 Å². The van der Waals surface area contributed by atoms with Gasteiger partial charge in [-0.1, -0.05) is 29.9 Å². The lowest BCUT2D eigenvalue weighted by Crippen LogP contribution is -2.25. The fourth-order valence-corrected chi connectivity index (χ4v) is 3.75. The fourth-order valence-electron chi connectivity index (χ4n) is 1.71. The molecule has 0 bridgehead atoms. The van der Waals surface area contributed by atoms with Crippen LogP contribution in [0, 0.1) is 0 Å². The number of carbonyl (C=O) groups excluding carboxylic acids is 1. The molecule has 3 N–H and O–H groups in total. The third kappa shape index (κ3) is 4.09. The highest BCUT2D eigenvalue weighted by Crippen LogP contribution is 2.27. The standard InChI is InChI=1S/C13H17ClN4OS2/c1-3-6-16-13-17-11(15)10(21-13)12(19)18(2)7-8-4-5-9(14)20-8/h4-5H,3,6-7,15H2,1-2H3,(H,16,17). The summed E-state index contributed by atoms with van der Waals surface area (Å²) >= 11 is 8.65. The Balaban J connectivity index is 2.06. The van der Waals surface area contributed by atoms with Crippen LogP contribution in [0.3, 0.4) is 0 Å². The number of nitrogens with two attached hydrogens (primary N) is 1. The van der Waals surface area contributed by atoms with E-state index in [0.717, 1.165) is 17.8 Å². The average Bonchev–Trinajstić information content (AvgIpc) is 3.01. The molecule has 0 aliphatic carbocycles. The van der Waals surface area contributed by atoms with Crippen molar-refractivity contribution in [3.63, 3.8) is 0 Å². The molecule has 1 amide bonds. The van der Waals surface area contributed by atoms with Gasteiger partial charge in [0.1, 0.15) is 10.7 Å². The molecule has 114 valence electrons. The van der Waals surface area contributed by atoms with Crippen molar-refractivity contribution in [3.05, 3.63) is 26.2 Å². The molecule has 2 rings (SSSR count). The molecule has 0 fully saturated rings. The molecule has 2 aromatic heterocycles. The van der Waals surface area contributed by atoms with E-state index in [1.165, 1.54) is 22.7 Å². The number of thiazole rings is 1. The number of nitrogens with one attached hydrogen (secondary N) is 1. The molecule has 5 nitrogen and oxygen atoms in total. The van der Waals surface area contributed by atoms with E-state index >= 15 is 0 Å². The Kier molecular flexibility index (Phi) is 5.44. The minimum absolute atomic E-state index is 0.126. The summed E-state index contributed by atoms with van der Waals surface area (Å²) < 4.78 is 0.717.